The Morgan fingerprint density at radius 3 is 2.73 bits per heavy atom. The van der Waals surface area contributed by atoms with Gasteiger partial charge in [-0.15, -0.1) is 0 Å². The van der Waals surface area contributed by atoms with E-state index in [1.54, 1.807) is 0 Å². The highest BCUT2D eigenvalue weighted by Crippen LogP contribution is 2.00. The summed E-state index contributed by atoms with van der Waals surface area (Å²) in [6.45, 7) is 1.80. The maximum atomic E-state index is 10.2. The smallest absolute Gasteiger partial charge is 0.320 e. The summed E-state index contributed by atoms with van der Waals surface area (Å²) >= 11 is 10.7. The zero-order chi connectivity index (χ0) is 8.85. The molecule has 64 valence electrons. The molecule has 11 heavy (non-hydrogen) atoms. The summed E-state index contributed by atoms with van der Waals surface area (Å²) in [5, 5.41) is 11.4. The third-order valence-electron chi connectivity index (χ3n) is 1.07. The number of carboxylic acid groups (broad SMARTS) is 1. The second kappa shape index (κ2) is 5.41. The number of aliphatic carboxylic acids is 1. The Labute approximate surface area is 75.0 Å². The van der Waals surface area contributed by atoms with E-state index in [9.17, 15) is 4.79 Å². The molecule has 0 radical (unpaired) electrons. The van der Waals surface area contributed by atoms with Crippen LogP contribution >= 0.6 is 23.2 Å². The Morgan fingerprint density at radius 2 is 2.36 bits per heavy atom. The number of carboxylic acids is 1. The van der Waals surface area contributed by atoms with Crippen LogP contribution in [0.5, 0.6) is 0 Å². The molecular formula is C6H9Cl2NO2. The van der Waals surface area contributed by atoms with Crippen LogP contribution in [0.1, 0.15) is 6.92 Å². The lowest BCUT2D eigenvalue weighted by Gasteiger charge is -2.06. The number of rotatable bonds is 4. The van der Waals surface area contributed by atoms with E-state index in [2.05, 4.69) is 5.32 Å². The van der Waals surface area contributed by atoms with Gasteiger partial charge in [-0.3, -0.25) is 10.1 Å². The van der Waals surface area contributed by atoms with Crippen LogP contribution in [0.15, 0.2) is 10.6 Å². The molecule has 0 bridgehead atoms. The third-order valence-corrected chi connectivity index (χ3v) is 1.68. The molecule has 0 aromatic heterocycles. The lowest BCUT2D eigenvalue weighted by atomic mass is 10.3. The molecule has 0 fully saturated rings. The van der Waals surface area contributed by atoms with Gasteiger partial charge in [0, 0.05) is 17.1 Å². The van der Waals surface area contributed by atoms with Gasteiger partial charge in [0.2, 0.25) is 0 Å². The first kappa shape index (κ1) is 10.8. The highest BCUT2D eigenvalue weighted by Gasteiger charge is 2.08. The molecule has 0 unspecified atom stereocenters. The van der Waals surface area contributed by atoms with Crippen molar-refractivity contribution >= 4 is 29.2 Å². The van der Waals surface area contributed by atoms with Gasteiger partial charge in [-0.2, -0.15) is 0 Å². The Morgan fingerprint density at radius 1 is 1.82 bits per heavy atom. The number of halogens is 2. The van der Waals surface area contributed by atoms with Gasteiger partial charge in [0.25, 0.3) is 0 Å². The fourth-order valence-corrected chi connectivity index (χ4v) is 0.531. The predicted molar refractivity (Wildman–Crippen MR) is 44.9 cm³/mol. The summed E-state index contributed by atoms with van der Waals surface area (Å²) in [6.07, 6.45) is 0. The highest BCUT2D eigenvalue weighted by molar-refractivity contribution is 6.36. The number of hydrogen-bond acceptors (Lipinski definition) is 2. The van der Waals surface area contributed by atoms with Crippen LogP contribution in [0.3, 0.4) is 0 Å². The van der Waals surface area contributed by atoms with Crippen molar-refractivity contribution in [2.75, 3.05) is 6.54 Å². The van der Waals surface area contributed by atoms with Gasteiger partial charge in [-0.1, -0.05) is 23.2 Å². The molecule has 0 amide bonds. The fourth-order valence-electron chi connectivity index (χ4n) is 0.376. The summed E-state index contributed by atoms with van der Waals surface area (Å²) in [7, 11) is 0. The molecule has 0 rings (SSSR count). The molecule has 2 N–H and O–H groups in total. The van der Waals surface area contributed by atoms with Crippen LogP contribution < -0.4 is 5.32 Å². The topological polar surface area (TPSA) is 49.3 Å². The summed E-state index contributed by atoms with van der Waals surface area (Å²) in [5.41, 5.74) is 1.20. The first-order valence-electron chi connectivity index (χ1n) is 2.99. The molecule has 0 aromatic rings. The van der Waals surface area contributed by atoms with Crippen LogP contribution in [0, 0.1) is 0 Å². The molecule has 0 aromatic carbocycles. The first-order valence-corrected chi connectivity index (χ1v) is 3.80. The Hall–Kier alpha value is -0.250. The second-order valence-corrected chi connectivity index (χ2v) is 2.70. The lowest BCUT2D eigenvalue weighted by Crippen LogP contribution is -2.34. The van der Waals surface area contributed by atoms with Crippen LogP contribution in [0.25, 0.3) is 0 Å². The van der Waals surface area contributed by atoms with Crippen molar-refractivity contribution in [1.82, 2.24) is 5.32 Å². The lowest BCUT2D eigenvalue weighted by molar-refractivity contribution is -0.138. The Balaban J connectivity index is 3.62. The average Bonchev–Trinajstić information content (AvgIpc) is 1.99. The van der Waals surface area contributed by atoms with Gasteiger partial charge >= 0.3 is 5.97 Å². The molecule has 1 atom stereocenters. The summed E-state index contributed by atoms with van der Waals surface area (Å²) < 4.78 is 0. The summed E-state index contributed by atoms with van der Waals surface area (Å²) in [4.78, 5) is 10.2. The fraction of sp³-hybridized carbons (Fsp3) is 0.500. The second-order valence-electron chi connectivity index (χ2n) is 2.00. The van der Waals surface area contributed by atoms with Crippen molar-refractivity contribution in [3.05, 3.63) is 10.6 Å². The van der Waals surface area contributed by atoms with Crippen molar-refractivity contribution in [3.8, 4) is 0 Å². The van der Waals surface area contributed by atoms with Crippen molar-refractivity contribution in [3.63, 3.8) is 0 Å². The van der Waals surface area contributed by atoms with Crippen molar-refractivity contribution in [1.29, 1.82) is 0 Å². The minimum atomic E-state index is -0.913. The quantitative estimate of drug-likeness (QED) is 0.717. The molecule has 3 nitrogen and oxygen atoms in total. The zero-order valence-corrected chi connectivity index (χ0v) is 7.49. The Kier molecular flexibility index (Phi) is 5.28. The number of carbonyl (C=O) groups is 1. The van der Waals surface area contributed by atoms with Crippen molar-refractivity contribution in [2.45, 2.75) is 13.0 Å². The average molecular weight is 198 g/mol. The van der Waals surface area contributed by atoms with Crippen LogP contribution in [0.2, 0.25) is 0 Å². The van der Waals surface area contributed by atoms with Gasteiger partial charge in [0.1, 0.15) is 6.04 Å². The van der Waals surface area contributed by atoms with E-state index in [0.717, 1.165) is 0 Å². The molecule has 0 saturated heterocycles. The molecule has 0 aliphatic rings. The largest absolute Gasteiger partial charge is 0.480 e. The molecule has 0 saturated carbocycles. The van der Waals surface area contributed by atoms with Crippen LogP contribution in [0.4, 0.5) is 0 Å². The maximum absolute atomic E-state index is 10.2. The Bertz CT molecular complexity index is 170. The summed E-state index contributed by atoms with van der Waals surface area (Å²) in [6, 6.07) is -0.611. The molecular weight excluding hydrogens is 189 g/mol. The first-order chi connectivity index (χ1) is 5.07. The van der Waals surface area contributed by atoms with Crippen LogP contribution in [-0.2, 0) is 4.79 Å². The van der Waals surface area contributed by atoms with E-state index >= 15 is 0 Å². The maximum Gasteiger partial charge on any atom is 0.320 e. The predicted octanol–water partition coefficient (Wildman–Crippen LogP) is 1.37. The molecule has 0 spiro atoms. The molecule has 0 aliphatic heterocycles. The number of hydrogen-bond donors (Lipinski definition) is 2. The van der Waals surface area contributed by atoms with Crippen LogP contribution in [-0.4, -0.2) is 23.7 Å². The van der Waals surface area contributed by atoms with E-state index in [1.807, 2.05) is 0 Å². The minimum Gasteiger partial charge on any atom is -0.480 e. The standard InChI is InChI=1S/C6H9Cl2NO2/c1-4(6(10)11)9-3-5(8)2-7/h2,4,9H,3H2,1H3,(H,10,11)/t4-/m1/s1. The molecule has 5 heteroatoms. The SMILES string of the molecule is C[C@@H](NCC(Cl)=CCl)C(=O)O. The van der Waals surface area contributed by atoms with E-state index < -0.39 is 12.0 Å². The van der Waals surface area contributed by atoms with Crippen molar-refractivity contribution < 1.29 is 9.90 Å². The normalized spacial score (nSPS) is 14.6. The van der Waals surface area contributed by atoms with E-state index in [4.69, 9.17) is 28.3 Å². The third kappa shape index (κ3) is 5.07. The zero-order valence-electron chi connectivity index (χ0n) is 5.97. The van der Waals surface area contributed by atoms with Gasteiger partial charge in [0.05, 0.1) is 0 Å². The van der Waals surface area contributed by atoms with E-state index in [1.165, 1.54) is 12.5 Å². The summed E-state index contributed by atoms with van der Waals surface area (Å²) in [5.74, 6) is -0.913. The highest BCUT2D eigenvalue weighted by atomic mass is 35.5. The van der Waals surface area contributed by atoms with Gasteiger partial charge in [0.15, 0.2) is 0 Å². The minimum absolute atomic E-state index is 0.276. The number of nitrogens with one attached hydrogen (secondary N) is 1. The van der Waals surface area contributed by atoms with Gasteiger partial charge in [-0.05, 0) is 6.92 Å². The van der Waals surface area contributed by atoms with E-state index in [-0.39, 0.29) is 6.54 Å². The van der Waals surface area contributed by atoms with Gasteiger partial charge in [-0.25, -0.2) is 0 Å². The molecule has 0 heterocycles. The van der Waals surface area contributed by atoms with Crippen molar-refractivity contribution in [2.24, 2.45) is 0 Å². The van der Waals surface area contributed by atoms with Gasteiger partial charge < -0.3 is 5.11 Å². The molecule has 0 aliphatic carbocycles. The monoisotopic (exact) mass is 197 g/mol. The van der Waals surface area contributed by atoms with E-state index in [0.29, 0.717) is 5.03 Å².